The van der Waals surface area contributed by atoms with Crippen molar-refractivity contribution in [1.29, 1.82) is 0 Å². The molecule has 0 amide bonds. The molecule has 1 N–H and O–H groups in total. The van der Waals surface area contributed by atoms with Gasteiger partial charge in [-0.05, 0) is 19.1 Å². The first-order valence-electron chi connectivity index (χ1n) is 4.08. The lowest BCUT2D eigenvalue weighted by Crippen LogP contribution is -1.96. The van der Waals surface area contributed by atoms with Crippen LogP contribution in [-0.4, -0.2) is 16.2 Å². The summed E-state index contributed by atoms with van der Waals surface area (Å²) >= 11 is 0. The Morgan fingerprint density at radius 2 is 2.42 bits per heavy atom. The first-order valence-corrected chi connectivity index (χ1v) is 4.08. The van der Waals surface area contributed by atoms with E-state index >= 15 is 0 Å². The fourth-order valence-electron chi connectivity index (χ4n) is 1.21. The van der Waals surface area contributed by atoms with Gasteiger partial charge in [0.05, 0.1) is 5.52 Å². The van der Waals surface area contributed by atoms with Gasteiger partial charge in [0.25, 0.3) is 0 Å². The second-order valence-electron chi connectivity index (χ2n) is 2.63. The van der Waals surface area contributed by atoms with Gasteiger partial charge in [-0.3, -0.25) is 0 Å². The first kappa shape index (κ1) is 7.16. The summed E-state index contributed by atoms with van der Waals surface area (Å²) in [6.07, 6.45) is 1.94. The van der Waals surface area contributed by atoms with E-state index in [9.17, 15) is 0 Å². The summed E-state index contributed by atoms with van der Waals surface area (Å²) in [4.78, 5) is 0. The second-order valence-corrected chi connectivity index (χ2v) is 2.63. The smallest absolute Gasteiger partial charge is 0.149 e. The highest BCUT2D eigenvalue weighted by atomic mass is 15.3. The van der Waals surface area contributed by atoms with Crippen molar-refractivity contribution >= 4 is 11.3 Å². The maximum Gasteiger partial charge on any atom is 0.149 e. The van der Waals surface area contributed by atoms with E-state index in [0.29, 0.717) is 0 Å². The Morgan fingerprint density at radius 1 is 1.50 bits per heavy atom. The van der Waals surface area contributed by atoms with Crippen molar-refractivity contribution in [1.82, 2.24) is 9.61 Å². The molecule has 0 unspecified atom stereocenters. The summed E-state index contributed by atoms with van der Waals surface area (Å²) in [6, 6.07) is 8.04. The molecule has 2 heterocycles. The van der Waals surface area contributed by atoms with Gasteiger partial charge in [0.1, 0.15) is 5.82 Å². The minimum absolute atomic E-state index is 0.907. The van der Waals surface area contributed by atoms with Crippen molar-refractivity contribution in [3.63, 3.8) is 0 Å². The number of fused-ring (bicyclic) bond motifs is 1. The normalized spacial score (nSPS) is 10.4. The van der Waals surface area contributed by atoms with Crippen molar-refractivity contribution in [2.75, 3.05) is 11.9 Å². The predicted molar refractivity (Wildman–Crippen MR) is 49.4 cm³/mol. The highest BCUT2D eigenvalue weighted by Gasteiger charge is 1.96. The lowest BCUT2D eigenvalue weighted by molar-refractivity contribution is 0.955. The summed E-state index contributed by atoms with van der Waals surface area (Å²) in [7, 11) is 0. The van der Waals surface area contributed by atoms with Gasteiger partial charge in [0, 0.05) is 18.8 Å². The number of nitrogens with zero attached hydrogens (tertiary/aromatic N) is 2. The van der Waals surface area contributed by atoms with Crippen LogP contribution in [0.2, 0.25) is 0 Å². The van der Waals surface area contributed by atoms with Gasteiger partial charge in [-0.15, -0.1) is 0 Å². The van der Waals surface area contributed by atoms with Gasteiger partial charge in [0.2, 0.25) is 0 Å². The minimum Gasteiger partial charge on any atom is -0.369 e. The van der Waals surface area contributed by atoms with Crippen LogP contribution in [0.4, 0.5) is 5.82 Å². The zero-order chi connectivity index (χ0) is 8.39. The highest BCUT2D eigenvalue weighted by molar-refractivity contribution is 5.55. The van der Waals surface area contributed by atoms with Crippen LogP contribution in [0.1, 0.15) is 6.92 Å². The van der Waals surface area contributed by atoms with Gasteiger partial charge >= 0.3 is 0 Å². The number of anilines is 1. The molecule has 0 saturated carbocycles. The molecule has 0 fully saturated rings. The van der Waals surface area contributed by atoms with Crippen molar-refractivity contribution < 1.29 is 0 Å². The Morgan fingerprint density at radius 3 is 3.17 bits per heavy atom. The van der Waals surface area contributed by atoms with Crippen LogP contribution < -0.4 is 5.32 Å². The van der Waals surface area contributed by atoms with Gasteiger partial charge in [-0.2, -0.15) is 5.10 Å². The molecule has 0 saturated heterocycles. The maximum absolute atomic E-state index is 4.31. The van der Waals surface area contributed by atoms with Crippen LogP contribution in [0.15, 0.2) is 30.5 Å². The topological polar surface area (TPSA) is 29.3 Å². The van der Waals surface area contributed by atoms with Gasteiger partial charge in [-0.1, -0.05) is 6.07 Å². The van der Waals surface area contributed by atoms with Gasteiger partial charge < -0.3 is 5.32 Å². The SMILES string of the molecule is CCNc1cc2ccccn2n1. The molecule has 3 heteroatoms. The molecule has 12 heavy (non-hydrogen) atoms. The molecule has 0 aliphatic rings. The molecule has 2 rings (SSSR count). The van der Waals surface area contributed by atoms with E-state index < -0.39 is 0 Å². The fourth-order valence-corrected chi connectivity index (χ4v) is 1.21. The average Bonchev–Trinajstić information content (AvgIpc) is 2.47. The monoisotopic (exact) mass is 161 g/mol. The van der Waals surface area contributed by atoms with Gasteiger partial charge in [0.15, 0.2) is 0 Å². The van der Waals surface area contributed by atoms with E-state index in [-0.39, 0.29) is 0 Å². The Balaban J connectivity index is 2.47. The molecule has 0 bridgehead atoms. The average molecular weight is 161 g/mol. The Labute approximate surface area is 71.0 Å². The van der Waals surface area contributed by atoms with Crippen molar-refractivity contribution in [2.24, 2.45) is 0 Å². The summed E-state index contributed by atoms with van der Waals surface area (Å²) < 4.78 is 1.86. The lowest BCUT2D eigenvalue weighted by atomic mass is 10.4. The molecule has 0 aliphatic heterocycles. The summed E-state index contributed by atoms with van der Waals surface area (Å²) in [5.41, 5.74) is 1.12. The largest absolute Gasteiger partial charge is 0.369 e. The van der Waals surface area contributed by atoms with E-state index in [0.717, 1.165) is 17.9 Å². The van der Waals surface area contributed by atoms with Crippen molar-refractivity contribution in [2.45, 2.75) is 6.92 Å². The number of hydrogen-bond donors (Lipinski definition) is 1. The molecular formula is C9H11N3. The zero-order valence-corrected chi connectivity index (χ0v) is 6.99. The summed E-state index contributed by atoms with van der Waals surface area (Å²) in [6.45, 7) is 2.97. The number of aromatic nitrogens is 2. The number of pyridine rings is 1. The minimum atomic E-state index is 0.907. The van der Waals surface area contributed by atoms with Crippen LogP contribution >= 0.6 is 0 Å². The predicted octanol–water partition coefficient (Wildman–Crippen LogP) is 1.77. The van der Waals surface area contributed by atoms with E-state index in [1.54, 1.807) is 0 Å². The van der Waals surface area contributed by atoms with Crippen LogP contribution in [0.5, 0.6) is 0 Å². The van der Waals surface area contributed by atoms with Gasteiger partial charge in [-0.25, -0.2) is 4.52 Å². The van der Waals surface area contributed by atoms with E-state index in [1.807, 2.05) is 35.0 Å². The Hall–Kier alpha value is -1.51. The second kappa shape index (κ2) is 2.85. The third kappa shape index (κ3) is 1.13. The van der Waals surface area contributed by atoms with Crippen LogP contribution in [0, 0.1) is 0 Å². The number of rotatable bonds is 2. The standard InChI is InChI=1S/C9H11N3/c1-2-10-9-7-8-5-3-4-6-12(8)11-9/h3-7H,2H2,1H3,(H,10,11). The quantitative estimate of drug-likeness (QED) is 0.727. The zero-order valence-electron chi connectivity index (χ0n) is 6.99. The van der Waals surface area contributed by atoms with Crippen molar-refractivity contribution in [3.8, 4) is 0 Å². The Bertz CT molecular complexity index is 345. The molecule has 0 spiro atoms. The summed E-state index contributed by atoms with van der Waals surface area (Å²) in [5.74, 6) is 0.934. The molecule has 2 aromatic rings. The maximum atomic E-state index is 4.31. The Kier molecular flexibility index (Phi) is 1.70. The molecule has 0 aromatic carbocycles. The third-order valence-corrected chi connectivity index (χ3v) is 1.73. The molecule has 0 aliphatic carbocycles. The van der Waals surface area contributed by atoms with E-state index in [1.165, 1.54) is 0 Å². The molecule has 0 radical (unpaired) electrons. The molecule has 0 atom stereocenters. The molecule has 3 nitrogen and oxygen atoms in total. The van der Waals surface area contributed by atoms with Crippen LogP contribution in [0.3, 0.4) is 0 Å². The fraction of sp³-hybridized carbons (Fsp3) is 0.222. The van der Waals surface area contributed by atoms with Crippen LogP contribution in [0.25, 0.3) is 5.52 Å². The number of hydrogen-bond acceptors (Lipinski definition) is 2. The molecule has 2 aromatic heterocycles. The number of nitrogens with one attached hydrogen (secondary N) is 1. The molecular weight excluding hydrogens is 150 g/mol. The third-order valence-electron chi connectivity index (χ3n) is 1.73. The molecule has 62 valence electrons. The van der Waals surface area contributed by atoms with Crippen molar-refractivity contribution in [3.05, 3.63) is 30.5 Å². The first-order chi connectivity index (χ1) is 5.90. The highest BCUT2D eigenvalue weighted by Crippen LogP contribution is 2.09. The van der Waals surface area contributed by atoms with E-state index in [2.05, 4.69) is 17.3 Å². The van der Waals surface area contributed by atoms with Crippen LogP contribution in [-0.2, 0) is 0 Å². The summed E-state index contributed by atoms with van der Waals surface area (Å²) in [5, 5.41) is 7.47. The lowest BCUT2D eigenvalue weighted by Gasteiger charge is -1.92. The van der Waals surface area contributed by atoms with E-state index in [4.69, 9.17) is 0 Å².